The summed E-state index contributed by atoms with van der Waals surface area (Å²) in [6.45, 7) is 15.0. The van der Waals surface area contributed by atoms with E-state index in [2.05, 4.69) is 84.5 Å². The molecule has 0 aliphatic carbocycles. The molecule has 0 radical (unpaired) electrons. The second kappa shape index (κ2) is 22.7. The van der Waals surface area contributed by atoms with E-state index >= 15 is 0 Å². The number of rotatable bonds is 22. The molecule has 0 bridgehead atoms. The molecule has 0 unspecified atom stereocenters. The van der Waals surface area contributed by atoms with Gasteiger partial charge in [0.1, 0.15) is 17.6 Å². The minimum atomic E-state index is -4.58. The Hall–Kier alpha value is -5.61. The van der Waals surface area contributed by atoms with Crippen LogP contribution in [0.3, 0.4) is 0 Å². The van der Waals surface area contributed by atoms with E-state index in [1.54, 1.807) is 9.80 Å². The van der Waals surface area contributed by atoms with Crippen molar-refractivity contribution >= 4 is 72.8 Å². The number of benzene rings is 3. The van der Waals surface area contributed by atoms with Gasteiger partial charge in [0.15, 0.2) is 0 Å². The third-order valence-electron chi connectivity index (χ3n) is 11.6. The van der Waals surface area contributed by atoms with Gasteiger partial charge in [-0.1, -0.05) is 18.2 Å². The summed E-state index contributed by atoms with van der Waals surface area (Å²) in [7, 11) is -4.58. The first kappa shape index (κ1) is 48.4. The van der Waals surface area contributed by atoms with Crippen LogP contribution in [0.25, 0.3) is 33.1 Å². The predicted octanol–water partition coefficient (Wildman–Crippen LogP) is 6.32. The average molecular weight is 888 g/mol. The SMILES string of the molecule is CCN(CC)c1ccc2c(-c3ccccc3C(=O)N3CCN(C(=O)CCCCC(=O)N[C@@H](CS(=O)(=O)O)C(=O)NCCCCC(C)=O)CC3)c3ccc(N(CC)CC)cc3[o+]c2c1. The fourth-order valence-corrected chi connectivity index (χ4v) is 8.82. The first-order valence-electron chi connectivity index (χ1n) is 22.2. The average Bonchev–Trinajstić information content (AvgIpc) is 3.26. The molecule has 1 fully saturated rings. The Kier molecular flexibility index (Phi) is 17.4. The topological polar surface area (TPSA) is 188 Å². The summed E-state index contributed by atoms with van der Waals surface area (Å²) in [6, 6.07) is 18.7. The maximum Gasteiger partial charge on any atom is 0.363 e. The fourth-order valence-electron chi connectivity index (χ4n) is 8.16. The van der Waals surface area contributed by atoms with Crippen molar-refractivity contribution in [2.45, 2.75) is 85.6 Å². The van der Waals surface area contributed by atoms with Crippen LogP contribution in [0.5, 0.6) is 0 Å². The molecule has 15 nitrogen and oxygen atoms in total. The van der Waals surface area contributed by atoms with E-state index in [4.69, 9.17) is 4.42 Å². The van der Waals surface area contributed by atoms with Crippen LogP contribution >= 0.6 is 0 Å². The maximum absolute atomic E-state index is 14.4. The summed E-state index contributed by atoms with van der Waals surface area (Å²) in [6.07, 6.45) is 2.19. The summed E-state index contributed by atoms with van der Waals surface area (Å²) < 4.78 is 39.1. The number of hydrogen-bond acceptors (Lipinski definition) is 9. The molecular formula is C47H63N6O9S+. The minimum absolute atomic E-state index is 0.0188. The van der Waals surface area contributed by atoms with Gasteiger partial charge in [-0.15, -0.1) is 0 Å². The zero-order valence-corrected chi connectivity index (χ0v) is 38.1. The molecule has 5 rings (SSSR count). The second-order valence-corrected chi connectivity index (χ2v) is 17.4. The Morgan fingerprint density at radius 2 is 1.27 bits per heavy atom. The standard InChI is InChI=1S/C47H62N6O9S/c1-6-50(7-2)34-21-23-38-41(30-34)62-42-31-35(51(8-3)9-4)22-24-39(42)45(38)36-17-10-11-18-37(36)47(58)53-28-26-52(27-29-53)44(56)20-13-12-19-43(55)49-40(32-63(59,60)61)46(57)48-25-15-14-16-33(5)54/h10-11,17-18,21-24,30-31,40H,6-9,12-16,19-20,25-29,32H2,1-5H3,(H2-,48,49,55,57,59,60,61)/p+1/t40-/m0/s1. The highest BCUT2D eigenvalue weighted by atomic mass is 32.2. The quantitative estimate of drug-likeness (QED) is 0.0347. The highest BCUT2D eigenvalue weighted by Gasteiger charge is 2.30. The number of piperazine rings is 1. The normalized spacial score (nSPS) is 13.5. The highest BCUT2D eigenvalue weighted by molar-refractivity contribution is 7.85. The van der Waals surface area contributed by atoms with Crippen molar-refractivity contribution < 1.29 is 41.4 Å². The minimum Gasteiger partial charge on any atom is -0.372 e. The van der Waals surface area contributed by atoms with E-state index in [-0.39, 0.29) is 37.0 Å². The second-order valence-electron chi connectivity index (χ2n) is 15.9. The van der Waals surface area contributed by atoms with Crippen molar-refractivity contribution in [2.75, 3.05) is 74.5 Å². The van der Waals surface area contributed by atoms with Gasteiger partial charge in [-0.05, 0) is 96.2 Å². The van der Waals surface area contributed by atoms with E-state index in [0.29, 0.717) is 63.8 Å². The van der Waals surface area contributed by atoms with E-state index in [0.717, 1.165) is 70.6 Å². The van der Waals surface area contributed by atoms with Gasteiger partial charge in [-0.3, -0.25) is 23.7 Å². The van der Waals surface area contributed by atoms with Crippen molar-refractivity contribution in [1.29, 1.82) is 0 Å². The molecule has 1 saturated heterocycles. The van der Waals surface area contributed by atoms with Gasteiger partial charge < -0.3 is 35.0 Å². The Morgan fingerprint density at radius 1 is 0.730 bits per heavy atom. The number of nitrogens with one attached hydrogen (secondary N) is 2. The van der Waals surface area contributed by atoms with Crippen molar-refractivity contribution in [1.82, 2.24) is 20.4 Å². The first-order chi connectivity index (χ1) is 30.2. The summed E-state index contributed by atoms with van der Waals surface area (Å²) in [5.74, 6) is -2.54. The lowest BCUT2D eigenvalue weighted by Crippen LogP contribution is -2.50. The van der Waals surface area contributed by atoms with Gasteiger partial charge in [0.2, 0.25) is 17.7 Å². The molecule has 1 aliphatic heterocycles. The monoisotopic (exact) mass is 887 g/mol. The molecule has 1 aliphatic rings. The summed E-state index contributed by atoms with van der Waals surface area (Å²) in [4.78, 5) is 72.1. The number of amides is 4. The van der Waals surface area contributed by atoms with Gasteiger partial charge in [-0.25, -0.2) is 4.42 Å². The smallest absolute Gasteiger partial charge is 0.363 e. The number of carbonyl (C=O) groups excluding carboxylic acids is 5. The number of unbranched alkanes of at least 4 members (excludes halogenated alkanes) is 2. The van der Waals surface area contributed by atoms with Gasteiger partial charge in [0, 0.05) is 101 Å². The molecule has 1 aromatic heterocycles. The lowest BCUT2D eigenvalue weighted by molar-refractivity contribution is -0.133. The molecule has 4 amide bonds. The molecular weight excluding hydrogens is 825 g/mol. The molecule has 2 heterocycles. The third-order valence-corrected chi connectivity index (χ3v) is 12.4. The number of hydrogen-bond donors (Lipinski definition) is 3. The van der Waals surface area contributed by atoms with Gasteiger partial charge in [-0.2, -0.15) is 8.42 Å². The number of anilines is 2. The van der Waals surface area contributed by atoms with Crippen LogP contribution in [0.4, 0.5) is 11.4 Å². The third kappa shape index (κ3) is 13.0. The Bertz CT molecular complexity index is 2300. The molecule has 3 N–H and O–H groups in total. The van der Waals surface area contributed by atoms with Crippen LogP contribution in [0.1, 0.15) is 89.9 Å². The van der Waals surface area contributed by atoms with E-state index in [1.807, 2.05) is 24.3 Å². The van der Waals surface area contributed by atoms with Crippen molar-refractivity contribution in [3.05, 3.63) is 66.2 Å². The van der Waals surface area contributed by atoms with Crippen LogP contribution in [0.15, 0.2) is 65.1 Å². The molecule has 1 atom stereocenters. The molecule has 0 saturated carbocycles. The lowest BCUT2D eigenvalue weighted by Gasteiger charge is -2.35. The largest absolute Gasteiger partial charge is 0.372 e. The number of ketones is 1. The Labute approximate surface area is 370 Å². The van der Waals surface area contributed by atoms with Crippen LogP contribution in [-0.4, -0.2) is 123 Å². The Morgan fingerprint density at radius 3 is 1.83 bits per heavy atom. The molecule has 16 heteroatoms. The fraction of sp³-hybridized carbons (Fsp3) is 0.489. The van der Waals surface area contributed by atoms with Gasteiger partial charge in [0.25, 0.3) is 16.0 Å². The summed E-state index contributed by atoms with van der Waals surface area (Å²) in [5.41, 5.74) is 5.85. The van der Waals surface area contributed by atoms with Crippen LogP contribution in [-0.2, 0) is 29.3 Å². The van der Waals surface area contributed by atoms with Crippen LogP contribution in [0.2, 0.25) is 0 Å². The zero-order chi connectivity index (χ0) is 45.7. The molecule has 3 aromatic carbocycles. The molecule has 4 aromatic rings. The van der Waals surface area contributed by atoms with E-state index < -0.39 is 33.7 Å². The van der Waals surface area contributed by atoms with E-state index in [9.17, 15) is 36.9 Å². The molecule has 63 heavy (non-hydrogen) atoms. The number of fused-ring (bicyclic) bond motifs is 2. The van der Waals surface area contributed by atoms with Crippen LogP contribution in [0, 0.1) is 0 Å². The van der Waals surface area contributed by atoms with Crippen LogP contribution < -0.4 is 20.4 Å². The van der Waals surface area contributed by atoms with Crippen molar-refractivity contribution in [3.63, 3.8) is 0 Å². The molecule has 340 valence electrons. The highest BCUT2D eigenvalue weighted by Crippen LogP contribution is 2.41. The predicted molar refractivity (Wildman–Crippen MR) is 248 cm³/mol. The summed E-state index contributed by atoms with van der Waals surface area (Å²) in [5, 5.41) is 6.72. The van der Waals surface area contributed by atoms with Gasteiger partial charge in [0.05, 0.1) is 22.9 Å². The van der Waals surface area contributed by atoms with Crippen molar-refractivity contribution in [3.8, 4) is 11.1 Å². The van der Waals surface area contributed by atoms with Gasteiger partial charge >= 0.3 is 11.2 Å². The number of Topliss-reactive ketones (excluding diaryl/α,β-unsaturated/α-hetero) is 1. The van der Waals surface area contributed by atoms with E-state index in [1.165, 1.54) is 6.92 Å². The molecule has 0 spiro atoms. The number of nitrogens with zero attached hydrogens (tertiary/aromatic N) is 4. The summed E-state index contributed by atoms with van der Waals surface area (Å²) >= 11 is 0. The number of carbonyl (C=O) groups is 5. The Balaban J connectivity index is 1.22. The first-order valence-corrected chi connectivity index (χ1v) is 23.8. The van der Waals surface area contributed by atoms with Crippen molar-refractivity contribution in [2.24, 2.45) is 0 Å². The zero-order valence-electron chi connectivity index (χ0n) is 37.3. The maximum atomic E-state index is 14.4. The lowest BCUT2D eigenvalue weighted by atomic mass is 9.92.